The number of ether oxygens (including phenoxy) is 1. The first kappa shape index (κ1) is 22.7. The zero-order valence-electron chi connectivity index (χ0n) is 18.5. The fourth-order valence-corrected chi connectivity index (χ4v) is 3.28. The van der Waals surface area contributed by atoms with Gasteiger partial charge in [0.15, 0.2) is 0 Å². The standard InChI is InChI=1S/C27H25N3O4/c31-26(18-28-24-13-4-5-14-25(24)34-19-20-8-2-1-3-9-20)30-22-11-6-10-21(16-22)27(32)29-17-23-12-7-15-33-23/h1-16,28H,17-19H2,(H,29,32)(H,30,31). The number of hydrogen-bond donors (Lipinski definition) is 3. The van der Waals surface area contributed by atoms with Gasteiger partial charge in [-0.1, -0.05) is 48.5 Å². The van der Waals surface area contributed by atoms with E-state index in [0.29, 0.717) is 29.4 Å². The molecule has 7 nitrogen and oxygen atoms in total. The van der Waals surface area contributed by atoms with Gasteiger partial charge in [-0.15, -0.1) is 0 Å². The largest absolute Gasteiger partial charge is 0.487 e. The Morgan fingerprint density at radius 2 is 1.68 bits per heavy atom. The Balaban J connectivity index is 1.29. The van der Waals surface area contributed by atoms with Crippen molar-refractivity contribution in [3.05, 3.63) is 114 Å². The van der Waals surface area contributed by atoms with Crippen LogP contribution in [0.25, 0.3) is 0 Å². The van der Waals surface area contributed by atoms with E-state index in [1.54, 1.807) is 42.7 Å². The van der Waals surface area contributed by atoms with Crippen molar-refractivity contribution in [1.29, 1.82) is 0 Å². The molecule has 3 N–H and O–H groups in total. The molecule has 0 radical (unpaired) electrons. The summed E-state index contributed by atoms with van der Waals surface area (Å²) in [6.45, 7) is 0.763. The van der Waals surface area contributed by atoms with Crippen molar-refractivity contribution in [2.45, 2.75) is 13.2 Å². The van der Waals surface area contributed by atoms with Crippen LogP contribution in [-0.2, 0) is 17.9 Å². The zero-order chi connectivity index (χ0) is 23.6. The first-order valence-corrected chi connectivity index (χ1v) is 10.9. The number of anilines is 2. The van der Waals surface area contributed by atoms with Gasteiger partial charge in [0, 0.05) is 11.3 Å². The Morgan fingerprint density at radius 1 is 0.853 bits per heavy atom. The van der Waals surface area contributed by atoms with Crippen LogP contribution in [0, 0.1) is 0 Å². The van der Waals surface area contributed by atoms with Crippen LogP contribution in [0.5, 0.6) is 5.75 Å². The second-order valence-corrected chi connectivity index (χ2v) is 7.52. The van der Waals surface area contributed by atoms with Crippen molar-refractivity contribution < 1.29 is 18.7 Å². The summed E-state index contributed by atoms with van der Waals surface area (Å²) in [5.74, 6) is 0.826. The van der Waals surface area contributed by atoms with E-state index in [1.165, 1.54) is 0 Å². The molecule has 4 rings (SSSR count). The molecule has 0 spiro atoms. The molecule has 0 bridgehead atoms. The second-order valence-electron chi connectivity index (χ2n) is 7.52. The van der Waals surface area contributed by atoms with Crippen LogP contribution in [0.4, 0.5) is 11.4 Å². The van der Waals surface area contributed by atoms with Gasteiger partial charge in [-0.25, -0.2) is 0 Å². The van der Waals surface area contributed by atoms with Gasteiger partial charge in [0.1, 0.15) is 18.1 Å². The van der Waals surface area contributed by atoms with E-state index in [4.69, 9.17) is 9.15 Å². The van der Waals surface area contributed by atoms with E-state index in [1.807, 2.05) is 54.6 Å². The molecular weight excluding hydrogens is 430 g/mol. The summed E-state index contributed by atoms with van der Waals surface area (Å²) in [5.41, 5.74) is 2.76. The number of amides is 2. The van der Waals surface area contributed by atoms with Crippen molar-refractivity contribution in [2.75, 3.05) is 17.2 Å². The Labute approximate surface area is 197 Å². The molecule has 2 amide bonds. The third-order valence-corrected chi connectivity index (χ3v) is 4.98. The predicted molar refractivity (Wildman–Crippen MR) is 131 cm³/mol. The van der Waals surface area contributed by atoms with E-state index in [-0.39, 0.29) is 24.9 Å². The highest BCUT2D eigenvalue weighted by atomic mass is 16.5. The Bertz CT molecular complexity index is 1220. The van der Waals surface area contributed by atoms with E-state index in [2.05, 4.69) is 16.0 Å². The first-order valence-electron chi connectivity index (χ1n) is 10.9. The van der Waals surface area contributed by atoms with Gasteiger partial charge in [0.05, 0.1) is 25.0 Å². The summed E-state index contributed by atoms with van der Waals surface area (Å²) < 4.78 is 11.1. The molecule has 7 heteroatoms. The van der Waals surface area contributed by atoms with Crippen molar-refractivity contribution >= 4 is 23.2 Å². The van der Waals surface area contributed by atoms with Gasteiger partial charge in [-0.3, -0.25) is 9.59 Å². The summed E-state index contributed by atoms with van der Waals surface area (Å²) in [5, 5.41) is 8.72. The molecule has 0 aliphatic rings. The summed E-state index contributed by atoms with van der Waals surface area (Å²) in [6, 6.07) is 27.7. The number of benzene rings is 3. The summed E-state index contributed by atoms with van der Waals surface area (Å²) in [4.78, 5) is 24.9. The SMILES string of the molecule is O=C(CNc1ccccc1OCc1ccccc1)Nc1cccc(C(=O)NCc2ccco2)c1. The number of furan rings is 1. The highest BCUT2D eigenvalue weighted by molar-refractivity contribution is 5.98. The maximum Gasteiger partial charge on any atom is 0.251 e. The van der Waals surface area contributed by atoms with Gasteiger partial charge in [0.2, 0.25) is 5.91 Å². The van der Waals surface area contributed by atoms with E-state index in [0.717, 1.165) is 11.3 Å². The molecule has 0 atom stereocenters. The molecular formula is C27H25N3O4. The smallest absolute Gasteiger partial charge is 0.251 e. The van der Waals surface area contributed by atoms with Crippen LogP contribution in [0.1, 0.15) is 21.7 Å². The summed E-state index contributed by atoms with van der Waals surface area (Å²) in [7, 11) is 0. The summed E-state index contributed by atoms with van der Waals surface area (Å²) in [6.07, 6.45) is 1.56. The molecule has 172 valence electrons. The third-order valence-electron chi connectivity index (χ3n) is 4.98. The van der Waals surface area contributed by atoms with Crippen LogP contribution in [0.15, 0.2) is 102 Å². The number of carbonyl (C=O) groups excluding carboxylic acids is 2. The average Bonchev–Trinajstić information content (AvgIpc) is 3.40. The molecule has 34 heavy (non-hydrogen) atoms. The van der Waals surface area contributed by atoms with Gasteiger partial charge in [0.25, 0.3) is 5.91 Å². The minimum atomic E-state index is -0.255. The second kappa shape index (κ2) is 11.4. The molecule has 1 aromatic heterocycles. The monoisotopic (exact) mass is 455 g/mol. The highest BCUT2D eigenvalue weighted by Gasteiger charge is 2.10. The lowest BCUT2D eigenvalue weighted by Gasteiger charge is -2.13. The number of rotatable bonds is 10. The fraction of sp³-hybridized carbons (Fsp3) is 0.111. The number of carbonyl (C=O) groups is 2. The highest BCUT2D eigenvalue weighted by Crippen LogP contribution is 2.24. The predicted octanol–water partition coefficient (Wildman–Crippen LogP) is 4.84. The van der Waals surface area contributed by atoms with Gasteiger partial charge < -0.3 is 25.1 Å². The topological polar surface area (TPSA) is 92.6 Å². The number of nitrogens with one attached hydrogen (secondary N) is 3. The zero-order valence-corrected chi connectivity index (χ0v) is 18.5. The van der Waals surface area contributed by atoms with E-state index >= 15 is 0 Å². The maximum absolute atomic E-state index is 12.5. The first-order chi connectivity index (χ1) is 16.7. The molecule has 1 heterocycles. The van der Waals surface area contributed by atoms with Crippen LogP contribution < -0.4 is 20.7 Å². The molecule has 0 fully saturated rings. The quantitative estimate of drug-likeness (QED) is 0.318. The fourth-order valence-electron chi connectivity index (χ4n) is 3.28. The lowest BCUT2D eigenvalue weighted by atomic mass is 10.2. The molecule has 0 aliphatic heterocycles. The average molecular weight is 456 g/mol. The molecule has 0 saturated carbocycles. The maximum atomic E-state index is 12.5. The van der Waals surface area contributed by atoms with Crippen LogP contribution >= 0.6 is 0 Å². The van der Waals surface area contributed by atoms with Crippen molar-refractivity contribution in [3.63, 3.8) is 0 Å². The minimum absolute atomic E-state index is 0.0423. The number of hydrogen-bond acceptors (Lipinski definition) is 5. The molecule has 0 aliphatic carbocycles. The van der Waals surface area contributed by atoms with Crippen LogP contribution in [0.3, 0.4) is 0 Å². The Morgan fingerprint density at radius 3 is 2.50 bits per heavy atom. The van der Waals surface area contributed by atoms with Gasteiger partial charge in [-0.2, -0.15) is 0 Å². The van der Waals surface area contributed by atoms with Gasteiger partial charge >= 0.3 is 0 Å². The molecule has 0 saturated heterocycles. The van der Waals surface area contributed by atoms with Crippen molar-refractivity contribution in [3.8, 4) is 5.75 Å². The Kier molecular flexibility index (Phi) is 7.58. The minimum Gasteiger partial charge on any atom is -0.487 e. The molecule has 3 aromatic carbocycles. The normalized spacial score (nSPS) is 10.4. The van der Waals surface area contributed by atoms with Crippen molar-refractivity contribution in [1.82, 2.24) is 5.32 Å². The Hall–Kier alpha value is -4.52. The third kappa shape index (κ3) is 6.49. The summed E-state index contributed by atoms with van der Waals surface area (Å²) >= 11 is 0. The lowest BCUT2D eigenvalue weighted by Crippen LogP contribution is -2.24. The molecule has 4 aromatic rings. The van der Waals surface area contributed by atoms with E-state index < -0.39 is 0 Å². The molecule has 0 unspecified atom stereocenters. The lowest BCUT2D eigenvalue weighted by molar-refractivity contribution is -0.114. The van der Waals surface area contributed by atoms with Crippen LogP contribution in [0.2, 0.25) is 0 Å². The van der Waals surface area contributed by atoms with Crippen molar-refractivity contribution in [2.24, 2.45) is 0 Å². The number of para-hydroxylation sites is 2. The van der Waals surface area contributed by atoms with Gasteiger partial charge in [-0.05, 0) is 48.0 Å². The van der Waals surface area contributed by atoms with Crippen LogP contribution in [-0.4, -0.2) is 18.4 Å². The van der Waals surface area contributed by atoms with E-state index in [9.17, 15) is 9.59 Å².